The lowest BCUT2D eigenvalue weighted by atomic mass is 9.92. The molecule has 3 aromatic rings. The number of nitrogens with zero attached hydrogens (tertiary/aromatic N) is 5. The maximum Gasteiger partial charge on any atom is 0.433 e. The molecule has 7 nitrogen and oxygen atoms in total. The monoisotopic (exact) mass is 500 g/mol. The number of hydrogen-bond donors (Lipinski definition) is 1. The summed E-state index contributed by atoms with van der Waals surface area (Å²) >= 11 is 0. The summed E-state index contributed by atoms with van der Waals surface area (Å²) in [5.41, 5.74) is 0.417. The van der Waals surface area contributed by atoms with Crippen LogP contribution < -0.4 is 15.0 Å². The number of aromatic nitrogens is 4. The highest BCUT2D eigenvalue weighted by Gasteiger charge is 2.43. The number of piperidine rings is 1. The molecule has 1 aliphatic heterocycles. The number of fused-ring (bicyclic) bond motifs is 3. The Morgan fingerprint density at radius 3 is 2.43 bits per heavy atom. The number of rotatable bonds is 5. The lowest BCUT2D eigenvalue weighted by molar-refractivity contribution is -0.153. The summed E-state index contributed by atoms with van der Waals surface area (Å²) in [5.74, 6) is 0.536. The first-order chi connectivity index (χ1) is 16.5. The fraction of sp³-hybridized carbons (Fsp3) is 0.500. The molecule has 5 rings (SSSR count). The van der Waals surface area contributed by atoms with Gasteiger partial charge in [-0.05, 0) is 55.9 Å². The molecule has 1 N–H and O–H groups in total. The van der Waals surface area contributed by atoms with Gasteiger partial charge in [0.1, 0.15) is 5.69 Å². The van der Waals surface area contributed by atoms with Crippen LogP contribution >= 0.6 is 0 Å². The first-order valence-electron chi connectivity index (χ1n) is 11.1. The minimum absolute atomic E-state index is 0.00700. The molecule has 0 radical (unpaired) electrons. The molecule has 2 fully saturated rings. The van der Waals surface area contributed by atoms with Crippen molar-refractivity contribution < 1.29 is 31.1 Å². The van der Waals surface area contributed by atoms with Crippen LogP contribution in [-0.4, -0.2) is 51.5 Å². The Hall–Kier alpha value is -3.25. The molecule has 0 aromatic carbocycles. The Labute approximate surface area is 196 Å². The molecule has 3 atom stereocenters. The van der Waals surface area contributed by atoms with Crippen molar-refractivity contribution in [3.05, 3.63) is 41.9 Å². The molecule has 1 saturated carbocycles. The second-order valence-corrected chi connectivity index (χ2v) is 8.98. The maximum atomic E-state index is 13.1. The predicted molar refractivity (Wildman–Crippen MR) is 114 cm³/mol. The summed E-state index contributed by atoms with van der Waals surface area (Å²) in [6.07, 6.45) is -6.03. The lowest BCUT2D eigenvalue weighted by Crippen LogP contribution is -2.48. The number of ether oxygens (including phenoxy) is 1. The summed E-state index contributed by atoms with van der Waals surface area (Å²) in [4.78, 5) is 9.76. The zero-order valence-corrected chi connectivity index (χ0v) is 18.6. The second-order valence-electron chi connectivity index (χ2n) is 8.98. The number of halogens is 6. The van der Waals surface area contributed by atoms with Gasteiger partial charge in [-0.1, -0.05) is 0 Å². The van der Waals surface area contributed by atoms with Gasteiger partial charge in [0, 0.05) is 36.7 Å². The van der Waals surface area contributed by atoms with Crippen molar-refractivity contribution in [2.45, 2.75) is 38.2 Å². The first kappa shape index (κ1) is 23.5. The quantitative estimate of drug-likeness (QED) is 0.512. The summed E-state index contributed by atoms with van der Waals surface area (Å²) < 4.78 is 83.5. The van der Waals surface area contributed by atoms with Gasteiger partial charge in [0.25, 0.3) is 0 Å². The van der Waals surface area contributed by atoms with Crippen molar-refractivity contribution in [1.82, 2.24) is 19.6 Å². The molecule has 188 valence electrons. The van der Waals surface area contributed by atoms with Gasteiger partial charge in [0.15, 0.2) is 18.0 Å². The molecule has 2 bridgehead atoms. The third kappa shape index (κ3) is 4.80. The molecule has 4 heterocycles. The number of pyridine rings is 2. The summed E-state index contributed by atoms with van der Waals surface area (Å²) in [6, 6.07) is 5.68. The number of hydrogen-bond acceptors (Lipinski definition) is 6. The predicted octanol–water partition coefficient (Wildman–Crippen LogP) is 4.72. The molecule has 0 amide bonds. The molecule has 13 heteroatoms. The SMILES string of the molecule is Cc1ccc(OCC(F)(F)F)c2nc(N[C@@H]3[C@@H]4CC[C@H]3CN(c3ccnc(C(F)(F)F)c3)C4)nn12. The van der Waals surface area contributed by atoms with Gasteiger partial charge in [0.2, 0.25) is 5.95 Å². The largest absolute Gasteiger partial charge is 0.480 e. The third-order valence-electron chi connectivity index (χ3n) is 6.56. The van der Waals surface area contributed by atoms with E-state index in [0.717, 1.165) is 18.9 Å². The van der Waals surface area contributed by atoms with Gasteiger partial charge in [-0.15, -0.1) is 5.10 Å². The van der Waals surface area contributed by atoms with E-state index >= 15 is 0 Å². The standard InChI is InChI=1S/C22H22F6N6O/c1-12-2-5-16(35-11-21(23,24)25)19-31-20(32-34(12)19)30-18-13-3-4-14(18)10-33(9-13)15-6-7-29-17(8-15)22(26,27)28/h2,5-8,13-14,18H,3-4,9-11H2,1H3,(H,30,32)/t13-,14+,18-. The Morgan fingerprint density at radius 2 is 1.77 bits per heavy atom. The summed E-state index contributed by atoms with van der Waals surface area (Å²) in [5, 5.41) is 7.74. The molecule has 2 aliphatic rings. The number of nitrogens with one attached hydrogen (secondary N) is 1. The fourth-order valence-electron chi connectivity index (χ4n) is 4.98. The minimum atomic E-state index is -4.51. The minimum Gasteiger partial charge on any atom is -0.480 e. The smallest absolute Gasteiger partial charge is 0.433 e. The Balaban J connectivity index is 1.33. The Bertz CT molecular complexity index is 1210. The zero-order valence-electron chi connectivity index (χ0n) is 18.6. The highest BCUT2D eigenvalue weighted by Crippen LogP contribution is 2.41. The molecule has 0 unspecified atom stereocenters. The van der Waals surface area contributed by atoms with Crippen LogP contribution in [0.4, 0.5) is 38.0 Å². The van der Waals surface area contributed by atoms with E-state index in [1.165, 1.54) is 16.8 Å². The van der Waals surface area contributed by atoms with Crippen LogP contribution in [0.15, 0.2) is 30.5 Å². The van der Waals surface area contributed by atoms with Crippen molar-refractivity contribution in [2.75, 3.05) is 29.9 Å². The maximum absolute atomic E-state index is 13.1. The summed E-state index contributed by atoms with van der Waals surface area (Å²) in [6.45, 7) is 1.43. The van der Waals surface area contributed by atoms with Gasteiger partial charge in [-0.25, -0.2) is 4.52 Å². The van der Waals surface area contributed by atoms with E-state index in [2.05, 4.69) is 20.4 Å². The van der Waals surface area contributed by atoms with E-state index in [1.54, 1.807) is 19.1 Å². The van der Waals surface area contributed by atoms with Crippen LogP contribution in [0.25, 0.3) is 5.65 Å². The highest BCUT2D eigenvalue weighted by molar-refractivity contribution is 5.57. The van der Waals surface area contributed by atoms with Crippen LogP contribution in [0, 0.1) is 18.8 Å². The van der Waals surface area contributed by atoms with Crippen molar-refractivity contribution in [3.8, 4) is 5.75 Å². The van der Waals surface area contributed by atoms with E-state index in [0.29, 0.717) is 24.5 Å². The Kier molecular flexibility index (Phi) is 5.67. The molecular formula is C22H22F6N6O. The lowest BCUT2D eigenvalue weighted by Gasteiger charge is -2.39. The van der Waals surface area contributed by atoms with Crippen LogP contribution in [0.5, 0.6) is 5.75 Å². The van der Waals surface area contributed by atoms with Gasteiger partial charge >= 0.3 is 12.4 Å². The van der Waals surface area contributed by atoms with Crippen LogP contribution in [0.3, 0.4) is 0 Å². The average molecular weight is 500 g/mol. The van der Waals surface area contributed by atoms with Crippen molar-refractivity contribution in [2.24, 2.45) is 11.8 Å². The number of aryl methyl sites for hydroxylation is 1. The van der Waals surface area contributed by atoms with Gasteiger partial charge in [-0.3, -0.25) is 4.98 Å². The second kappa shape index (κ2) is 8.45. The normalized spacial score (nSPS) is 22.6. The van der Waals surface area contributed by atoms with Crippen molar-refractivity contribution in [3.63, 3.8) is 0 Å². The van der Waals surface area contributed by atoms with Gasteiger partial charge in [0.05, 0.1) is 0 Å². The Morgan fingerprint density at radius 1 is 1.06 bits per heavy atom. The van der Waals surface area contributed by atoms with Crippen LogP contribution in [0.1, 0.15) is 24.2 Å². The zero-order chi connectivity index (χ0) is 25.0. The fourth-order valence-corrected chi connectivity index (χ4v) is 4.98. The first-order valence-corrected chi connectivity index (χ1v) is 11.1. The van der Waals surface area contributed by atoms with Crippen molar-refractivity contribution >= 4 is 17.3 Å². The molecule has 1 aliphatic carbocycles. The van der Waals surface area contributed by atoms with Crippen LogP contribution in [-0.2, 0) is 6.18 Å². The molecule has 3 aromatic heterocycles. The van der Waals surface area contributed by atoms with E-state index in [4.69, 9.17) is 4.74 Å². The molecule has 1 saturated heterocycles. The topological polar surface area (TPSA) is 67.6 Å². The molecule has 0 spiro atoms. The average Bonchev–Trinajstić information content (AvgIpc) is 3.30. The van der Waals surface area contributed by atoms with Crippen LogP contribution in [0.2, 0.25) is 0 Å². The van der Waals surface area contributed by atoms with E-state index in [-0.39, 0.29) is 35.2 Å². The number of anilines is 2. The van der Waals surface area contributed by atoms with E-state index in [1.807, 2.05) is 4.90 Å². The van der Waals surface area contributed by atoms with Crippen molar-refractivity contribution in [1.29, 1.82) is 0 Å². The third-order valence-corrected chi connectivity index (χ3v) is 6.56. The van der Waals surface area contributed by atoms with E-state index in [9.17, 15) is 26.3 Å². The van der Waals surface area contributed by atoms with E-state index < -0.39 is 24.7 Å². The van der Waals surface area contributed by atoms with Gasteiger partial charge < -0.3 is 15.0 Å². The van der Waals surface area contributed by atoms with Gasteiger partial charge in [-0.2, -0.15) is 31.3 Å². The molecule has 35 heavy (non-hydrogen) atoms. The summed E-state index contributed by atoms with van der Waals surface area (Å²) in [7, 11) is 0. The number of alkyl halides is 6. The molecular weight excluding hydrogens is 478 g/mol. The highest BCUT2D eigenvalue weighted by atomic mass is 19.4.